The van der Waals surface area contributed by atoms with Crippen LogP contribution >= 0.6 is 0 Å². The molecule has 0 amide bonds. The van der Waals surface area contributed by atoms with Gasteiger partial charge >= 0.3 is 0 Å². The van der Waals surface area contributed by atoms with Crippen molar-refractivity contribution in [3.05, 3.63) is 29.3 Å². The summed E-state index contributed by atoms with van der Waals surface area (Å²) in [7, 11) is 0. The SMILES string of the molecule is CC.CCCc1ccc(N)cc1C. The summed E-state index contributed by atoms with van der Waals surface area (Å²) in [5.74, 6) is 0. The molecular weight excluding hydrogens is 158 g/mol. The van der Waals surface area contributed by atoms with Crippen LogP contribution < -0.4 is 5.73 Å². The third-order valence-corrected chi connectivity index (χ3v) is 1.89. The van der Waals surface area contributed by atoms with Crippen LogP contribution in [0.2, 0.25) is 0 Å². The molecule has 74 valence electrons. The van der Waals surface area contributed by atoms with Gasteiger partial charge in [0.25, 0.3) is 0 Å². The first-order valence-corrected chi connectivity index (χ1v) is 5.09. The largest absolute Gasteiger partial charge is 0.399 e. The average Bonchev–Trinajstić information content (AvgIpc) is 2.14. The van der Waals surface area contributed by atoms with Gasteiger partial charge in [0.05, 0.1) is 0 Å². The minimum Gasteiger partial charge on any atom is -0.399 e. The summed E-state index contributed by atoms with van der Waals surface area (Å²) in [5, 5.41) is 0. The molecule has 1 aromatic rings. The smallest absolute Gasteiger partial charge is 0.0316 e. The molecule has 0 saturated heterocycles. The van der Waals surface area contributed by atoms with E-state index in [1.54, 1.807) is 0 Å². The molecule has 0 heterocycles. The standard InChI is InChI=1S/C10H15N.C2H6/c1-3-4-9-5-6-10(11)7-8(9)2;1-2/h5-7H,3-4,11H2,1-2H3;1-2H3. The highest BCUT2D eigenvalue weighted by molar-refractivity contribution is 5.44. The Bertz CT molecular complexity index is 241. The summed E-state index contributed by atoms with van der Waals surface area (Å²) in [5.41, 5.74) is 9.22. The number of aryl methyl sites for hydroxylation is 2. The Kier molecular flexibility index (Phi) is 6.03. The van der Waals surface area contributed by atoms with Crippen LogP contribution in [0.3, 0.4) is 0 Å². The molecule has 0 aromatic heterocycles. The van der Waals surface area contributed by atoms with Crippen molar-refractivity contribution in [2.45, 2.75) is 40.5 Å². The minimum absolute atomic E-state index is 0.863. The zero-order chi connectivity index (χ0) is 10.3. The Labute approximate surface area is 82.0 Å². The fourth-order valence-corrected chi connectivity index (χ4v) is 1.27. The highest BCUT2D eigenvalue weighted by Crippen LogP contribution is 2.13. The predicted molar refractivity (Wildman–Crippen MR) is 60.9 cm³/mol. The van der Waals surface area contributed by atoms with E-state index in [0.29, 0.717) is 0 Å². The molecule has 1 rings (SSSR count). The van der Waals surface area contributed by atoms with Crippen LogP contribution in [0.25, 0.3) is 0 Å². The lowest BCUT2D eigenvalue weighted by molar-refractivity contribution is 0.913. The molecule has 0 aliphatic heterocycles. The second kappa shape index (κ2) is 6.53. The van der Waals surface area contributed by atoms with Crippen molar-refractivity contribution in [3.63, 3.8) is 0 Å². The third-order valence-electron chi connectivity index (χ3n) is 1.89. The first kappa shape index (κ1) is 12.0. The summed E-state index contributed by atoms with van der Waals surface area (Å²) >= 11 is 0. The Hall–Kier alpha value is -0.980. The van der Waals surface area contributed by atoms with E-state index in [0.717, 1.165) is 12.1 Å². The van der Waals surface area contributed by atoms with Crippen molar-refractivity contribution >= 4 is 5.69 Å². The maximum atomic E-state index is 5.62. The Morgan fingerprint density at radius 3 is 2.31 bits per heavy atom. The topological polar surface area (TPSA) is 26.0 Å². The van der Waals surface area contributed by atoms with Gasteiger partial charge in [-0.3, -0.25) is 0 Å². The molecule has 0 unspecified atom stereocenters. The van der Waals surface area contributed by atoms with Gasteiger partial charge in [0, 0.05) is 5.69 Å². The first-order valence-electron chi connectivity index (χ1n) is 5.09. The normalized spacial score (nSPS) is 8.92. The van der Waals surface area contributed by atoms with Crippen molar-refractivity contribution in [3.8, 4) is 0 Å². The van der Waals surface area contributed by atoms with E-state index in [-0.39, 0.29) is 0 Å². The summed E-state index contributed by atoms with van der Waals surface area (Å²) in [6.45, 7) is 8.30. The molecule has 13 heavy (non-hydrogen) atoms. The van der Waals surface area contributed by atoms with Gasteiger partial charge in [0.2, 0.25) is 0 Å². The molecular formula is C12H21N. The molecule has 1 aromatic carbocycles. The van der Waals surface area contributed by atoms with Crippen molar-refractivity contribution in [1.82, 2.24) is 0 Å². The van der Waals surface area contributed by atoms with Crippen LogP contribution in [0.5, 0.6) is 0 Å². The molecule has 0 radical (unpaired) electrons. The molecule has 0 aliphatic carbocycles. The van der Waals surface area contributed by atoms with Crippen LogP contribution in [0.4, 0.5) is 5.69 Å². The van der Waals surface area contributed by atoms with Crippen LogP contribution in [-0.4, -0.2) is 0 Å². The number of rotatable bonds is 2. The molecule has 0 spiro atoms. The number of benzene rings is 1. The highest BCUT2D eigenvalue weighted by Gasteiger charge is 1.95. The molecule has 1 heteroatoms. The molecule has 2 N–H and O–H groups in total. The van der Waals surface area contributed by atoms with E-state index in [4.69, 9.17) is 5.73 Å². The van der Waals surface area contributed by atoms with Gasteiger partial charge in [-0.1, -0.05) is 33.3 Å². The van der Waals surface area contributed by atoms with Gasteiger partial charge in [0.15, 0.2) is 0 Å². The zero-order valence-electron chi connectivity index (χ0n) is 9.22. The minimum atomic E-state index is 0.863. The number of anilines is 1. The van der Waals surface area contributed by atoms with Crippen LogP contribution in [0.1, 0.15) is 38.3 Å². The second-order valence-electron chi connectivity index (χ2n) is 2.94. The third kappa shape index (κ3) is 3.97. The Morgan fingerprint density at radius 1 is 1.23 bits per heavy atom. The molecule has 0 bridgehead atoms. The molecule has 0 atom stereocenters. The van der Waals surface area contributed by atoms with Gasteiger partial charge in [-0.05, 0) is 36.6 Å². The quantitative estimate of drug-likeness (QED) is 0.690. The lowest BCUT2D eigenvalue weighted by Gasteiger charge is -2.03. The number of hydrogen-bond acceptors (Lipinski definition) is 1. The van der Waals surface area contributed by atoms with E-state index in [1.807, 2.05) is 26.0 Å². The maximum absolute atomic E-state index is 5.62. The summed E-state index contributed by atoms with van der Waals surface area (Å²) in [6.07, 6.45) is 2.36. The highest BCUT2D eigenvalue weighted by atomic mass is 14.5. The lowest BCUT2D eigenvalue weighted by Crippen LogP contribution is -1.91. The van der Waals surface area contributed by atoms with Crippen LogP contribution in [0.15, 0.2) is 18.2 Å². The van der Waals surface area contributed by atoms with E-state index in [1.165, 1.54) is 17.5 Å². The summed E-state index contributed by atoms with van der Waals surface area (Å²) in [4.78, 5) is 0. The van der Waals surface area contributed by atoms with Crippen molar-refractivity contribution in [2.75, 3.05) is 5.73 Å². The number of nitrogen functional groups attached to an aromatic ring is 1. The van der Waals surface area contributed by atoms with Crippen LogP contribution in [0, 0.1) is 6.92 Å². The van der Waals surface area contributed by atoms with E-state index < -0.39 is 0 Å². The van der Waals surface area contributed by atoms with Gasteiger partial charge in [-0.25, -0.2) is 0 Å². The van der Waals surface area contributed by atoms with E-state index in [2.05, 4.69) is 19.9 Å². The Balaban J connectivity index is 0.000000671. The fraction of sp³-hybridized carbons (Fsp3) is 0.500. The average molecular weight is 179 g/mol. The summed E-state index contributed by atoms with van der Waals surface area (Å²) < 4.78 is 0. The van der Waals surface area contributed by atoms with Gasteiger partial charge < -0.3 is 5.73 Å². The molecule has 0 saturated carbocycles. The van der Waals surface area contributed by atoms with Crippen molar-refractivity contribution in [1.29, 1.82) is 0 Å². The van der Waals surface area contributed by atoms with E-state index in [9.17, 15) is 0 Å². The van der Waals surface area contributed by atoms with Crippen molar-refractivity contribution in [2.24, 2.45) is 0 Å². The van der Waals surface area contributed by atoms with E-state index >= 15 is 0 Å². The molecule has 0 aliphatic rings. The van der Waals surface area contributed by atoms with Gasteiger partial charge in [0.1, 0.15) is 0 Å². The molecule has 1 nitrogen and oxygen atoms in total. The Morgan fingerprint density at radius 2 is 1.85 bits per heavy atom. The monoisotopic (exact) mass is 179 g/mol. The van der Waals surface area contributed by atoms with Crippen molar-refractivity contribution < 1.29 is 0 Å². The van der Waals surface area contributed by atoms with Crippen LogP contribution in [-0.2, 0) is 6.42 Å². The molecule has 0 fully saturated rings. The van der Waals surface area contributed by atoms with Gasteiger partial charge in [-0.2, -0.15) is 0 Å². The second-order valence-corrected chi connectivity index (χ2v) is 2.94. The first-order chi connectivity index (χ1) is 6.24. The summed E-state index contributed by atoms with van der Waals surface area (Å²) in [6, 6.07) is 6.12. The number of hydrogen-bond donors (Lipinski definition) is 1. The lowest BCUT2D eigenvalue weighted by atomic mass is 10.0. The zero-order valence-corrected chi connectivity index (χ0v) is 9.22. The predicted octanol–water partition coefficient (Wildman–Crippen LogP) is 3.56. The maximum Gasteiger partial charge on any atom is 0.0316 e. The fourth-order valence-electron chi connectivity index (χ4n) is 1.27. The number of nitrogens with two attached hydrogens (primary N) is 1. The van der Waals surface area contributed by atoms with Gasteiger partial charge in [-0.15, -0.1) is 0 Å².